The van der Waals surface area contributed by atoms with Crippen molar-refractivity contribution in [1.29, 1.82) is 5.26 Å². The number of amides is 1. The van der Waals surface area contributed by atoms with Gasteiger partial charge in [0.15, 0.2) is 0 Å². The van der Waals surface area contributed by atoms with Crippen LogP contribution >= 0.6 is 0 Å². The third-order valence-electron chi connectivity index (χ3n) is 4.42. The predicted octanol–water partition coefficient (Wildman–Crippen LogP) is 1.38. The van der Waals surface area contributed by atoms with Crippen LogP contribution in [0.2, 0.25) is 0 Å². The molecule has 2 aliphatic rings. The highest BCUT2D eigenvalue weighted by Crippen LogP contribution is 2.38. The van der Waals surface area contributed by atoms with Crippen LogP contribution in [-0.2, 0) is 4.79 Å². The molecule has 0 bridgehead atoms. The van der Waals surface area contributed by atoms with E-state index in [1.165, 1.54) is 19.3 Å². The molecule has 0 aromatic rings. The molecule has 0 radical (unpaired) electrons. The minimum absolute atomic E-state index is 0.00310. The fourth-order valence-electron chi connectivity index (χ4n) is 3.40. The highest BCUT2D eigenvalue weighted by atomic mass is 16.2. The first-order chi connectivity index (χ1) is 8.67. The van der Waals surface area contributed by atoms with Crippen molar-refractivity contribution in [3.63, 3.8) is 0 Å². The van der Waals surface area contributed by atoms with Crippen molar-refractivity contribution in [2.45, 2.75) is 39.2 Å². The van der Waals surface area contributed by atoms with Gasteiger partial charge in [0, 0.05) is 13.1 Å². The van der Waals surface area contributed by atoms with E-state index in [1.54, 1.807) is 0 Å². The van der Waals surface area contributed by atoms with Crippen LogP contribution in [0.3, 0.4) is 0 Å². The lowest BCUT2D eigenvalue weighted by molar-refractivity contribution is -0.134. The lowest BCUT2D eigenvalue weighted by Crippen LogP contribution is -2.47. The predicted molar refractivity (Wildman–Crippen MR) is 69.7 cm³/mol. The van der Waals surface area contributed by atoms with Gasteiger partial charge in [-0.2, -0.15) is 5.26 Å². The first-order valence-corrected chi connectivity index (χ1v) is 7.09. The van der Waals surface area contributed by atoms with Crippen molar-refractivity contribution in [2.75, 3.05) is 19.6 Å². The Morgan fingerprint density at radius 3 is 3.00 bits per heavy atom. The Morgan fingerprint density at radius 2 is 2.33 bits per heavy atom. The van der Waals surface area contributed by atoms with E-state index in [2.05, 4.69) is 11.4 Å². The second kappa shape index (κ2) is 5.71. The van der Waals surface area contributed by atoms with Crippen LogP contribution in [0.25, 0.3) is 0 Å². The van der Waals surface area contributed by atoms with E-state index >= 15 is 0 Å². The maximum Gasteiger partial charge on any atom is 0.240 e. The maximum absolute atomic E-state index is 12.5. The largest absolute Gasteiger partial charge is 0.340 e. The van der Waals surface area contributed by atoms with Crippen molar-refractivity contribution in [3.05, 3.63) is 0 Å². The number of likely N-dealkylation sites (N-methyl/N-ethyl adjacent to an activating group) is 1. The number of carbonyl (C=O) groups excluding carboxylic acids is 1. The Balaban J connectivity index is 1.99. The molecule has 2 fully saturated rings. The number of hydrogen-bond donors (Lipinski definition) is 1. The summed E-state index contributed by atoms with van der Waals surface area (Å²) < 4.78 is 0. The maximum atomic E-state index is 12.5. The van der Waals surface area contributed by atoms with E-state index in [4.69, 9.17) is 5.26 Å². The Kier molecular flexibility index (Phi) is 4.23. The van der Waals surface area contributed by atoms with Gasteiger partial charge < -0.3 is 10.2 Å². The number of nitrogens with zero attached hydrogens (tertiary/aromatic N) is 2. The van der Waals surface area contributed by atoms with Crippen LogP contribution < -0.4 is 5.32 Å². The van der Waals surface area contributed by atoms with E-state index < -0.39 is 0 Å². The number of carbonyl (C=O) groups is 1. The van der Waals surface area contributed by atoms with Crippen LogP contribution in [0, 0.1) is 29.1 Å². The van der Waals surface area contributed by atoms with Crippen LogP contribution in [0.5, 0.6) is 0 Å². The van der Waals surface area contributed by atoms with Gasteiger partial charge >= 0.3 is 0 Å². The van der Waals surface area contributed by atoms with Gasteiger partial charge in [-0.1, -0.05) is 6.42 Å². The van der Waals surface area contributed by atoms with Crippen molar-refractivity contribution in [1.82, 2.24) is 10.2 Å². The molecule has 1 aliphatic carbocycles. The third-order valence-corrected chi connectivity index (χ3v) is 4.42. The van der Waals surface area contributed by atoms with Crippen LogP contribution in [-0.4, -0.2) is 36.5 Å². The van der Waals surface area contributed by atoms with Gasteiger partial charge in [0.05, 0.1) is 18.0 Å². The molecular formula is C14H23N3O. The topological polar surface area (TPSA) is 56.1 Å². The fourth-order valence-corrected chi connectivity index (χ4v) is 3.40. The molecule has 4 unspecified atom stereocenters. The second-order valence-corrected chi connectivity index (χ2v) is 5.65. The summed E-state index contributed by atoms with van der Waals surface area (Å²) in [6.07, 6.45) is 3.71. The molecule has 2 rings (SSSR count). The monoisotopic (exact) mass is 249 g/mol. The molecule has 1 amide bonds. The summed E-state index contributed by atoms with van der Waals surface area (Å²) in [6.45, 7) is 6.10. The standard InChI is InChI=1S/C14H23N3O/c1-3-17(9-10(2)7-15)14(18)13-12-6-4-5-11(12)8-16-13/h10-13,16H,3-6,8-9H2,1-2H3. The summed E-state index contributed by atoms with van der Waals surface area (Å²) in [5.41, 5.74) is 0. The summed E-state index contributed by atoms with van der Waals surface area (Å²) in [5, 5.41) is 12.3. The van der Waals surface area contributed by atoms with E-state index in [0.29, 0.717) is 24.9 Å². The molecular weight excluding hydrogens is 226 g/mol. The van der Waals surface area contributed by atoms with Crippen LogP contribution in [0.4, 0.5) is 0 Å². The zero-order chi connectivity index (χ0) is 13.1. The molecule has 1 aliphatic heterocycles. The lowest BCUT2D eigenvalue weighted by atomic mass is 9.93. The molecule has 1 saturated carbocycles. The molecule has 1 N–H and O–H groups in total. The van der Waals surface area contributed by atoms with Gasteiger partial charge in [-0.25, -0.2) is 0 Å². The zero-order valence-corrected chi connectivity index (χ0v) is 11.4. The van der Waals surface area contributed by atoms with Gasteiger partial charge in [0.2, 0.25) is 5.91 Å². The summed E-state index contributed by atoms with van der Waals surface area (Å²) in [5.74, 6) is 1.35. The molecule has 0 aromatic heterocycles. The molecule has 100 valence electrons. The summed E-state index contributed by atoms with van der Waals surface area (Å²) in [6, 6.07) is 2.21. The Labute approximate surface area is 109 Å². The minimum Gasteiger partial charge on any atom is -0.340 e. The Morgan fingerprint density at radius 1 is 1.56 bits per heavy atom. The van der Waals surface area contributed by atoms with Gasteiger partial charge in [0.25, 0.3) is 0 Å². The number of rotatable bonds is 4. The fraction of sp³-hybridized carbons (Fsp3) is 0.857. The van der Waals surface area contributed by atoms with E-state index in [9.17, 15) is 4.79 Å². The van der Waals surface area contributed by atoms with E-state index in [0.717, 1.165) is 6.54 Å². The smallest absolute Gasteiger partial charge is 0.240 e. The van der Waals surface area contributed by atoms with Gasteiger partial charge in [-0.3, -0.25) is 4.79 Å². The molecule has 4 atom stereocenters. The average molecular weight is 249 g/mol. The number of fused-ring (bicyclic) bond motifs is 1. The summed E-state index contributed by atoms with van der Waals surface area (Å²) in [7, 11) is 0. The number of nitriles is 1. The third kappa shape index (κ3) is 2.51. The highest BCUT2D eigenvalue weighted by molar-refractivity contribution is 5.82. The second-order valence-electron chi connectivity index (χ2n) is 5.65. The molecule has 0 spiro atoms. The normalized spacial score (nSPS) is 31.7. The zero-order valence-electron chi connectivity index (χ0n) is 11.4. The summed E-state index contributed by atoms with van der Waals surface area (Å²) >= 11 is 0. The van der Waals surface area contributed by atoms with Crippen molar-refractivity contribution in [3.8, 4) is 6.07 Å². The molecule has 1 saturated heterocycles. The first-order valence-electron chi connectivity index (χ1n) is 7.09. The SMILES string of the molecule is CCN(CC(C)C#N)C(=O)C1NCC2CCCC21. The number of nitrogens with one attached hydrogen (secondary N) is 1. The lowest BCUT2D eigenvalue weighted by Gasteiger charge is -2.27. The first kappa shape index (κ1) is 13.4. The van der Waals surface area contributed by atoms with Crippen molar-refractivity contribution in [2.24, 2.45) is 17.8 Å². The highest BCUT2D eigenvalue weighted by Gasteiger charge is 2.43. The number of hydrogen-bond acceptors (Lipinski definition) is 3. The van der Waals surface area contributed by atoms with Gasteiger partial charge in [0.1, 0.15) is 0 Å². The van der Waals surface area contributed by atoms with E-state index in [-0.39, 0.29) is 17.9 Å². The molecule has 18 heavy (non-hydrogen) atoms. The van der Waals surface area contributed by atoms with Crippen LogP contribution in [0.15, 0.2) is 0 Å². The molecule has 4 nitrogen and oxygen atoms in total. The molecule has 0 aromatic carbocycles. The van der Waals surface area contributed by atoms with Crippen molar-refractivity contribution < 1.29 is 4.79 Å². The average Bonchev–Trinajstić information content (AvgIpc) is 2.96. The molecule has 1 heterocycles. The van der Waals surface area contributed by atoms with E-state index in [1.807, 2.05) is 18.7 Å². The van der Waals surface area contributed by atoms with Crippen molar-refractivity contribution >= 4 is 5.91 Å². The summed E-state index contributed by atoms with van der Waals surface area (Å²) in [4.78, 5) is 14.4. The van der Waals surface area contributed by atoms with Crippen LogP contribution in [0.1, 0.15) is 33.1 Å². The Hall–Kier alpha value is -1.08. The van der Waals surface area contributed by atoms with Gasteiger partial charge in [-0.15, -0.1) is 0 Å². The Bertz CT molecular complexity index is 349. The quantitative estimate of drug-likeness (QED) is 0.819. The van der Waals surface area contributed by atoms with Gasteiger partial charge in [-0.05, 0) is 45.1 Å². The minimum atomic E-state index is -0.0883. The molecule has 4 heteroatoms.